The van der Waals surface area contributed by atoms with Gasteiger partial charge in [0.25, 0.3) is 12.3 Å². The van der Waals surface area contributed by atoms with Gasteiger partial charge in [0, 0.05) is 69.0 Å². The number of hydrogen-bond acceptors (Lipinski definition) is 12. The topological polar surface area (TPSA) is 198 Å². The number of alkyl carbamates (subject to hydrolysis) is 1. The molecule has 4 N–H and O–H groups in total. The molecule has 0 bridgehead atoms. The van der Waals surface area contributed by atoms with Gasteiger partial charge in [0.1, 0.15) is 23.2 Å². The molecule has 0 spiro atoms. The van der Waals surface area contributed by atoms with E-state index >= 15 is 0 Å². The molecule has 1 aromatic carbocycles. The Morgan fingerprint density at radius 2 is 1.75 bits per heavy atom. The summed E-state index contributed by atoms with van der Waals surface area (Å²) in [5, 5.41) is 25.7. The summed E-state index contributed by atoms with van der Waals surface area (Å²) in [5.74, 6) is -0.875. The highest BCUT2D eigenvalue weighted by atomic mass is 19.3. The first kappa shape index (κ1) is 45.9. The van der Waals surface area contributed by atoms with Gasteiger partial charge in [-0.05, 0) is 102 Å². The number of aryl methyl sites for hydroxylation is 1. The number of amides is 4. The molecule has 7 heterocycles. The number of fused-ring (bicyclic) bond motifs is 2. The van der Waals surface area contributed by atoms with Gasteiger partial charge in [0.2, 0.25) is 11.8 Å². The number of anilines is 3. The minimum Gasteiger partial charge on any atom is -0.444 e. The highest BCUT2D eigenvalue weighted by Gasteiger charge is 2.34. The summed E-state index contributed by atoms with van der Waals surface area (Å²) in [6, 6.07) is 7.62. The standard InChI is InChI=1S/C46H58F3N13O5/c1-46(2,3)67-45(66)52-29-19-27(47)23-60(24-29)37-15-18-61-42(54-37)34(22-51-61)44(65)53-35-25-62(57-40(35)41(48)49)30-7-5-26(6-8-30)21-50-28-13-16-59(17-14-28)31-9-10-32-36(20-31)58(4)56-39(32)33-11-12-38(63)55-43(33)64/h9-10,15,18,20,22,25-30,33,41,50H,5-8,11-14,16-17,19,21,23-24H2,1-4H3,(H,52,66)(H,53,65)(H,55,63,64)/t26?,27-,29-,30?,33?/m1/s1. The first-order valence-electron chi connectivity index (χ1n) is 23.3. The number of benzene rings is 1. The van der Waals surface area contributed by atoms with Gasteiger partial charge in [-0.2, -0.15) is 15.3 Å². The van der Waals surface area contributed by atoms with Crippen molar-refractivity contribution in [3.63, 3.8) is 0 Å². The van der Waals surface area contributed by atoms with Crippen molar-refractivity contribution >= 4 is 57.6 Å². The molecule has 1 saturated carbocycles. The van der Waals surface area contributed by atoms with Crippen LogP contribution in [-0.4, -0.2) is 115 Å². The maximum atomic E-state index is 14.9. The van der Waals surface area contributed by atoms with E-state index in [1.54, 1.807) is 42.6 Å². The van der Waals surface area contributed by atoms with E-state index in [1.807, 2.05) is 17.8 Å². The van der Waals surface area contributed by atoms with Crippen LogP contribution in [0.4, 0.5) is 35.2 Å². The Hall–Kier alpha value is -6.25. The lowest BCUT2D eigenvalue weighted by Gasteiger charge is -2.36. The van der Waals surface area contributed by atoms with Gasteiger partial charge in [-0.1, -0.05) is 0 Å². The molecule has 18 nitrogen and oxygen atoms in total. The van der Waals surface area contributed by atoms with Gasteiger partial charge in [0.05, 0.1) is 47.6 Å². The van der Waals surface area contributed by atoms with E-state index < -0.39 is 47.9 Å². The highest BCUT2D eigenvalue weighted by Crippen LogP contribution is 2.36. The number of halogens is 3. The first-order chi connectivity index (χ1) is 32.0. The van der Waals surface area contributed by atoms with Crippen LogP contribution < -0.4 is 31.1 Å². The summed E-state index contributed by atoms with van der Waals surface area (Å²) in [5.41, 5.74) is 1.64. The van der Waals surface area contributed by atoms with E-state index in [9.17, 15) is 32.3 Å². The van der Waals surface area contributed by atoms with E-state index in [-0.39, 0.29) is 54.3 Å². The Bertz CT molecular complexity index is 2640. The number of hydrogen-bond donors (Lipinski definition) is 4. The molecule has 1 unspecified atom stereocenters. The van der Waals surface area contributed by atoms with E-state index in [2.05, 4.69) is 58.6 Å². The molecule has 3 saturated heterocycles. The van der Waals surface area contributed by atoms with Crippen molar-refractivity contribution in [3.8, 4) is 0 Å². The molecule has 4 aromatic heterocycles. The maximum absolute atomic E-state index is 14.9. The van der Waals surface area contributed by atoms with Crippen LogP contribution >= 0.6 is 0 Å². The number of carbonyl (C=O) groups excluding carboxylic acids is 4. The molecule has 1 aliphatic carbocycles. The summed E-state index contributed by atoms with van der Waals surface area (Å²) >= 11 is 0. The molecule has 4 amide bonds. The Morgan fingerprint density at radius 1 is 0.970 bits per heavy atom. The molecule has 5 aromatic rings. The van der Waals surface area contributed by atoms with Gasteiger partial charge in [-0.3, -0.25) is 29.1 Å². The number of rotatable bonds is 11. The van der Waals surface area contributed by atoms with Gasteiger partial charge < -0.3 is 30.5 Å². The van der Waals surface area contributed by atoms with Crippen molar-refractivity contribution in [2.75, 3.05) is 47.8 Å². The van der Waals surface area contributed by atoms with Crippen LogP contribution in [0.1, 0.15) is 119 Å². The first-order valence-corrected chi connectivity index (χ1v) is 23.3. The van der Waals surface area contributed by atoms with Gasteiger partial charge in [-0.15, -0.1) is 0 Å². The minimum absolute atomic E-state index is 0.0205. The van der Waals surface area contributed by atoms with Crippen LogP contribution in [0, 0.1) is 5.92 Å². The van der Waals surface area contributed by atoms with E-state index in [4.69, 9.17) is 4.74 Å². The second-order valence-electron chi connectivity index (χ2n) is 19.4. The zero-order valence-electron chi connectivity index (χ0n) is 38.2. The predicted molar refractivity (Wildman–Crippen MR) is 243 cm³/mol. The third-order valence-electron chi connectivity index (χ3n) is 13.4. The summed E-state index contributed by atoms with van der Waals surface area (Å²) in [6.45, 7) is 8.15. The number of piperidine rings is 3. The zero-order chi connectivity index (χ0) is 47.1. The normalized spacial score (nSPS) is 23.3. The van der Waals surface area contributed by atoms with Gasteiger partial charge in [0.15, 0.2) is 11.3 Å². The fourth-order valence-electron chi connectivity index (χ4n) is 10.0. The average Bonchev–Trinajstić information content (AvgIpc) is 4.00. The monoisotopic (exact) mass is 929 g/mol. The van der Waals surface area contributed by atoms with E-state index in [0.29, 0.717) is 36.3 Å². The Kier molecular flexibility index (Phi) is 12.9. The molecule has 4 aliphatic rings. The number of carbonyl (C=O) groups is 4. The van der Waals surface area contributed by atoms with Crippen LogP contribution in [0.5, 0.6) is 0 Å². The number of alkyl halides is 3. The third-order valence-corrected chi connectivity index (χ3v) is 13.4. The van der Waals surface area contributed by atoms with E-state index in [1.165, 1.54) is 16.9 Å². The fourth-order valence-corrected chi connectivity index (χ4v) is 10.0. The fraction of sp³-hybridized carbons (Fsp3) is 0.565. The second kappa shape index (κ2) is 18.8. The number of nitrogens with zero attached hydrogens (tertiary/aromatic N) is 9. The molecule has 67 heavy (non-hydrogen) atoms. The van der Waals surface area contributed by atoms with Crippen molar-refractivity contribution in [1.82, 2.24) is 50.1 Å². The van der Waals surface area contributed by atoms with Crippen LogP contribution in [0.3, 0.4) is 0 Å². The second-order valence-corrected chi connectivity index (χ2v) is 19.4. The number of aromatic nitrogens is 7. The van der Waals surface area contributed by atoms with E-state index in [0.717, 1.165) is 74.7 Å². The highest BCUT2D eigenvalue weighted by molar-refractivity contribution is 6.08. The van der Waals surface area contributed by atoms with Crippen LogP contribution in [-0.2, 0) is 21.4 Å². The average molecular weight is 930 g/mol. The summed E-state index contributed by atoms with van der Waals surface area (Å²) in [7, 11) is 1.88. The third kappa shape index (κ3) is 10.2. The number of ether oxygens (including phenoxy) is 1. The lowest BCUT2D eigenvalue weighted by molar-refractivity contribution is -0.134. The molecule has 358 valence electrons. The van der Waals surface area contributed by atoms with Crippen molar-refractivity contribution in [2.24, 2.45) is 13.0 Å². The molecular formula is C46H58F3N13O5. The molecule has 3 aliphatic heterocycles. The predicted octanol–water partition coefficient (Wildman–Crippen LogP) is 5.95. The summed E-state index contributed by atoms with van der Waals surface area (Å²) in [4.78, 5) is 59.1. The molecule has 21 heteroatoms. The van der Waals surface area contributed by atoms with Crippen LogP contribution in [0.2, 0.25) is 0 Å². The van der Waals surface area contributed by atoms with Crippen molar-refractivity contribution in [2.45, 2.75) is 121 Å². The Morgan fingerprint density at radius 3 is 2.48 bits per heavy atom. The zero-order valence-corrected chi connectivity index (χ0v) is 38.2. The quantitative estimate of drug-likeness (QED) is 0.114. The lowest BCUT2D eigenvalue weighted by atomic mass is 9.85. The molecule has 9 rings (SSSR count). The summed E-state index contributed by atoms with van der Waals surface area (Å²) < 4.78 is 53.8. The van der Waals surface area contributed by atoms with Crippen molar-refractivity contribution in [3.05, 3.63) is 59.8 Å². The lowest BCUT2D eigenvalue weighted by Crippen LogP contribution is -2.52. The molecular weight excluding hydrogens is 872 g/mol. The van der Waals surface area contributed by atoms with Crippen LogP contribution in [0.15, 0.2) is 42.9 Å². The smallest absolute Gasteiger partial charge is 0.407 e. The molecule has 0 radical (unpaired) electrons. The van der Waals surface area contributed by atoms with Gasteiger partial charge >= 0.3 is 6.09 Å². The minimum atomic E-state index is -2.93. The molecule has 4 fully saturated rings. The van der Waals surface area contributed by atoms with Gasteiger partial charge in [-0.25, -0.2) is 27.5 Å². The Labute approximate surface area is 385 Å². The van der Waals surface area contributed by atoms with Crippen molar-refractivity contribution in [1.29, 1.82) is 0 Å². The summed E-state index contributed by atoms with van der Waals surface area (Å²) in [6.07, 6.45) is 5.69. The van der Waals surface area contributed by atoms with Crippen LogP contribution in [0.25, 0.3) is 16.6 Å². The maximum Gasteiger partial charge on any atom is 0.407 e. The Balaban J connectivity index is 0.766. The van der Waals surface area contributed by atoms with Crippen molar-refractivity contribution < 1.29 is 37.1 Å². The SMILES string of the molecule is Cn1nc(C2CCC(=O)NC2=O)c2ccc(N3CCC(NCC4CCC(n5cc(NC(=O)c6cnn7ccc(N8C[C@H](F)C[C@@H](NC(=O)OC(C)(C)C)C8)nc67)c(C(F)F)n5)CC4)CC3)cc21. The molecule has 3 atom stereocenters. The largest absolute Gasteiger partial charge is 0.444 e. The number of nitrogens with one attached hydrogen (secondary N) is 4. The number of imide groups is 1.